The summed E-state index contributed by atoms with van der Waals surface area (Å²) in [6.45, 7) is 4.23. The predicted octanol–water partition coefficient (Wildman–Crippen LogP) is 2.46. The molecule has 0 bridgehead atoms. The number of nitrogens with zero attached hydrogens (tertiary/aromatic N) is 1. The lowest BCUT2D eigenvalue weighted by Crippen LogP contribution is -2.24. The molecule has 0 saturated heterocycles. The Kier molecular flexibility index (Phi) is 5.15. The number of hydrogen-bond acceptors (Lipinski definition) is 5. The zero-order valence-electron chi connectivity index (χ0n) is 11.7. The van der Waals surface area contributed by atoms with Crippen LogP contribution in [0.5, 0.6) is 0 Å². The van der Waals surface area contributed by atoms with E-state index >= 15 is 0 Å². The lowest BCUT2D eigenvalue weighted by molar-refractivity contribution is 0.581. The molecule has 0 spiro atoms. The highest BCUT2D eigenvalue weighted by Gasteiger charge is 2.20. The van der Waals surface area contributed by atoms with Gasteiger partial charge in [-0.05, 0) is 47.0 Å². The summed E-state index contributed by atoms with van der Waals surface area (Å²) in [6, 6.07) is 3.47. The smallest absolute Gasteiger partial charge is 0.242 e. The Morgan fingerprint density at radius 2 is 2.10 bits per heavy atom. The summed E-state index contributed by atoms with van der Waals surface area (Å²) in [5.41, 5.74) is 9.78. The van der Waals surface area contributed by atoms with Gasteiger partial charge in [-0.2, -0.15) is 0 Å². The molecule has 0 unspecified atom stereocenters. The van der Waals surface area contributed by atoms with Gasteiger partial charge >= 0.3 is 0 Å². The fourth-order valence-electron chi connectivity index (χ4n) is 1.86. The quantitative estimate of drug-likeness (QED) is 0.822. The molecule has 1 heterocycles. The Labute approximate surface area is 136 Å². The Balaban J connectivity index is 2.31. The van der Waals surface area contributed by atoms with Crippen LogP contribution in [0.25, 0.3) is 0 Å². The van der Waals surface area contributed by atoms with Crippen molar-refractivity contribution < 1.29 is 8.42 Å². The van der Waals surface area contributed by atoms with Crippen LogP contribution in [0.4, 0.5) is 0 Å². The van der Waals surface area contributed by atoms with Crippen molar-refractivity contribution in [2.45, 2.75) is 31.8 Å². The van der Waals surface area contributed by atoms with Crippen molar-refractivity contribution in [2.75, 3.05) is 0 Å². The van der Waals surface area contributed by atoms with Crippen molar-refractivity contribution in [2.24, 2.45) is 5.73 Å². The minimum absolute atomic E-state index is 0.213. The van der Waals surface area contributed by atoms with E-state index in [1.165, 1.54) is 11.3 Å². The molecule has 0 fully saturated rings. The molecular formula is C13H16BrN3O2S2. The molecule has 0 atom stereocenters. The van der Waals surface area contributed by atoms with Crippen molar-refractivity contribution in [3.8, 4) is 0 Å². The summed E-state index contributed by atoms with van der Waals surface area (Å²) in [4.78, 5) is 5.22. The lowest BCUT2D eigenvalue weighted by Gasteiger charge is -2.12. The van der Waals surface area contributed by atoms with Gasteiger partial charge in [-0.15, -0.1) is 11.3 Å². The number of rotatable bonds is 5. The molecule has 0 saturated carbocycles. The molecule has 8 heteroatoms. The average Bonchev–Trinajstić information content (AvgIpc) is 2.84. The first kappa shape index (κ1) is 16.6. The van der Waals surface area contributed by atoms with Crippen LogP contribution in [0.15, 0.2) is 27.0 Å². The average molecular weight is 390 g/mol. The molecule has 21 heavy (non-hydrogen) atoms. The van der Waals surface area contributed by atoms with Gasteiger partial charge in [-0.25, -0.2) is 18.1 Å². The van der Waals surface area contributed by atoms with E-state index in [0.29, 0.717) is 11.0 Å². The standard InChI is InChI=1S/C13H16BrN3O2S2/c1-8-3-10(5-15)4-12(13(8)14)21(18,19)17-6-11-9(2)16-7-20-11/h3-4,7,17H,5-6,15H2,1-2H3. The van der Waals surface area contributed by atoms with Gasteiger partial charge in [0.05, 0.1) is 16.1 Å². The Morgan fingerprint density at radius 3 is 2.67 bits per heavy atom. The van der Waals surface area contributed by atoms with Crippen molar-refractivity contribution in [1.82, 2.24) is 9.71 Å². The van der Waals surface area contributed by atoms with Crippen LogP contribution in [-0.4, -0.2) is 13.4 Å². The number of nitrogens with one attached hydrogen (secondary N) is 1. The second kappa shape index (κ2) is 6.53. The second-order valence-electron chi connectivity index (χ2n) is 4.61. The summed E-state index contributed by atoms with van der Waals surface area (Å²) < 4.78 is 28.1. The van der Waals surface area contributed by atoms with Crippen LogP contribution >= 0.6 is 27.3 Å². The number of benzene rings is 1. The van der Waals surface area contributed by atoms with Crippen LogP contribution in [0.2, 0.25) is 0 Å². The van der Waals surface area contributed by atoms with Crippen molar-refractivity contribution in [3.63, 3.8) is 0 Å². The largest absolute Gasteiger partial charge is 0.326 e. The molecule has 2 rings (SSSR count). The van der Waals surface area contributed by atoms with Crippen molar-refractivity contribution in [1.29, 1.82) is 0 Å². The zero-order valence-corrected chi connectivity index (χ0v) is 14.9. The van der Waals surface area contributed by atoms with E-state index in [9.17, 15) is 8.42 Å². The molecule has 1 aromatic heterocycles. The van der Waals surface area contributed by atoms with E-state index in [2.05, 4.69) is 25.6 Å². The van der Waals surface area contributed by atoms with Crippen LogP contribution in [-0.2, 0) is 23.1 Å². The van der Waals surface area contributed by atoms with Gasteiger partial charge in [0.2, 0.25) is 10.0 Å². The number of aromatic nitrogens is 1. The number of thiazole rings is 1. The van der Waals surface area contributed by atoms with Gasteiger partial charge in [0, 0.05) is 22.4 Å². The van der Waals surface area contributed by atoms with Gasteiger partial charge in [0.15, 0.2) is 0 Å². The van der Waals surface area contributed by atoms with Gasteiger partial charge in [0.25, 0.3) is 0 Å². The molecule has 0 amide bonds. The maximum Gasteiger partial charge on any atom is 0.242 e. The van der Waals surface area contributed by atoms with Crippen LogP contribution in [0.3, 0.4) is 0 Å². The van der Waals surface area contributed by atoms with Gasteiger partial charge in [-0.3, -0.25) is 0 Å². The normalized spacial score (nSPS) is 11.8. The predicted molar refractivity (Wildman–Crippen MR) is 87.6 cm³/mol. The molecule has 0 aliphatic rings. The van der Waals surface area contributed by atoms with E-state index in [-0.39, 0.29) is 11.4 Å². The van der Waals surface area contributed by atoms with E-state index in [4.69, 9.17) is 5.73 Å². The van der Waals surface area contributed by atoms with Gasteiger partial charge in [0.1, 0.15) is 0 Å². The van der Waals surface area contributed by atoms with Gasteiger partial charge < -0.3 is 5.73 Å². The lowest BCUT2D eigenvalue weighted by atomic mass is 10.1. The second-order valence-corrected chi connectivity index (χ2v) is 8.08. The summed E-state index contributed by atoms with van der Waals surface area (Å²) in [5, 5.41) is 0. The molecule has 0 radical (unpaired) electrons. The molecule has 0 aliphatic heterocycles. The number of aryl methyl sites for hydroxylation is 2. The number of halogens is 1. The highest BCUT2D eigenvalue weighted by molar-refractivity contribution is 9.10. The Morgan fingerprint density at radius 1 is 1.38 bits per heavy atom. The number of sulfonamides is 1. The van der Waals surface area contributed by atoms with Crippen molar-refractivity contribution >= 4 is 37.3 Å². The molecule has 0 aliphatic carbocycles. The summed E-state index contributed by atoms with van der Waals surface area (Å²) in [5.74, 6) is 0. The minimum atomic E-state index is -3.61. The first-order valence-electron chi connectivity index (χ1n) is 6.23. The van der Waals surface area contributed by atoms with Gasteiger partial charge in [-0.1, -0.05) is 6.07 Å². The summed E-state index contributed by atoms with van der Waals surface area (Å²) >= 11 is 4.77. The molecule has 3 N–H and O–H groups in total. The maximum absolute atomic E-state index is 12.5. The minimum Gasteiger partial charge on any atom is -0.326 e. The van der Waals surface area contributed by atoms with E-state index in [0.717, 1.165) is 21.7 Å². The fourth-order valence-corrected chi connectivity index (χ4v) is 4.73. The third kappa shape index (κ3) is 3.70. The summed E-state index contributed by atoms with van der Waals surface area (Å²) in [7, 11) is -3.61. The number of hydrogen-bond donors (Lipinski definition) is 2. The fraction of sp³-hybridized carbons (Fsp3) is 0.308. The summed E-state index contributed by atoms with van der Waals surface area (Å²) in [6.07, 6.45) is 0. The zero-order chi connectivity index (χ0) is 15.6. The molecule has 2 aromatic rings. The van der Waals surface area contributed by atoms with E-state index in [1.54, 1.807) is 11.6 Å². The van der Waals surface area contributed by atoms with Crippen LogP contribution < -0.4 is 10.5 Å². The first-order chi connectivity index (χ1) is 9.85. The SMILES string of the molecule is Cc1cc(CN)cc(S(=O)(=O)NCc2scnc2C)c1Br. The molecule has 5 nitrogen and oxygen atoms in total. The maximum atomic E-state index is 12.5. The molecule has 1 aromatic carbocycles. The van der Waals surface area contributed by atoms with E-state index in [1.807, 2.05) is 19.9 Å². The van der Waals surface area contributed by atoms with Crippen molar-refractivity contribution in [3.05, 3.63) is 43.8 Å². The van der Waals surface area contributed by atoms with E-state index < -0.39 is 10.0 Å². The highest BCUT2D eigenvalue weighted by Crippen LogP contribution is 2.27. The van der Waals surface area contributed by atoms with Crippen LogP contribution in [0, 0.1) is 13.8 Å². The van der Waals surface area contributed by atoms with Crippen LogP contribution in [0.1, 0.15) is 21.7 Å². The topological polar surface area (TPSA) is 85.1 Å². The third-order valence-corrected chi connectivity index (χ3v) is 6.75. The highest BCUT2D eigenvalue weighted by atomic mass is 79.9. The third-order valence-electron chi connectivity index (χ3n) is 3.07. The molecule has 114 valence electrons. The Bertz CT molecular complexity index is 757. The molecular weight excluding hydrogens is 374 g/mol. The Hall–Kier alpha value is -0.800. The monoisotopic (exact) mass is 389 g/mol. The first-order valence-corrected chi connectivity index (χ1v) is 9.38. The number of nitrogens with two attached hydrogens (primary N) is 1.